The van der Waals surface area contributed by atoms with E-state index in [1.807, 2.05) is 0 Å². The average molecular weight is 249 g/mol. The molecule has 1 unspecified atom stereocenters. The Labute approximate surface area is 105 Å². The van der Waals surface area contributed by atoms with Crippen molar-refractivity contribution in [2.75, 3.05) is 60.3 Å². The van der Waals surface area contributed by atoms with Gasteiger partial charge in [-0.3, -0.25) is 0 Å². The third-order valence-corrected chi connectivity index (χ3v) is 2.19. The Morgan fingerprint density at radius 2 is 1.82 bits per heavy atom. The maximum absolute atomic E-state index is 5.65. The first-order valence-electron chi connectivity index (χ1n) is 6.23. The maximum Gasteiger partial charge on any atom is 0.0933 e. The Balaban J connectivity index is 3.34. The van der Waals surface area contributed by atoms with Gasteiger partial charge in [-0.2, -0.15) is 0 Å². The van der Waals surface area contributed by atoms with Crippen molar-refractivity contribution in [3.63, 3.8) is 0 Å². The van der Waals surface area contributed by atoms with E-state index in [1.54, 1.807) is 14.2 Å². The van der Waals surface area contributed by atoms with E-state index in [9.17, 15) is 0 Å². The summed E-state index contributed by atoms with van der Waals surface area (Å²) in [7, 11) is 3.38. The quantitative estimate of drug-likeness (QED) is 0.486. The predicted octanol–water partition coefficient (Wildman–Crippen LogP) is 0.681. The van der Waals surface area contributed by atoms with Crippen molar-refractivity contribution in [1.29, 1.82) is 0 Å². The summed E-state index contributed by atoms with van der Waals surface area (Å²) in [6, 6.07) is 0. The highest BCUT2D eigenvalue weighted by Gasteiger charge is 2.07. The summed E-state index contributed by atoms with van der Waals surface area (Å²) in [6.45, 7) is 7.12. The summed E-state index contributed by atoms with van der Waals surface area (Å²) in [5.74, 6) is 0. The van der Waals surface area contributed by atoms with Gasteiger partial charge in [-0.05, 0) is 13.0 Å². The molecule has 17 heavy (non-hydrogen) atoms. The minimum absolute atomic E-state index is 0.0996. The lowest BCUT2D eigenvalue weighted by molar-refractivity contribution is -0.0286. The number of ether oxygens (including phenoxy) is 4. The topological polar surface area (TPSA) is 49.0 Å². The summed E-state index contributed by atoms with van der Waals surface area (Å²) < 4.78 is 21.1. The molecular weight excluding hydrogens is 222 g/mol. The fraction of sp³-hybridized carbons (Fsp3) is 1.00. The zero-order chi connectivity index (χ0) is 12.8. The first-order chi connectivity index (χ1) is 8.35. The van der Waals surface area contributed by atoms with Crippen molar-refractivity contribution < 1.29 is 18.9 Å². The van der Waals surface area contributed by atoms with Crippen LogP contribution in [0.4, 0.5) is 0 Å². The monoisotopic (exact) mass is 249 g/mol. The highest BCUT2D eigenvalue weighted by molar-refractivity contribution is 4.59. The van der Waals surface area contributed by atoms with Gasteiger partial charge in [0.15, 0.2) is 0 Å². The van der Waals surface area contributed by atoms with Crippen LogP contribution in [0.1, 0.15) is 13.3 Å². The van der Waals surface area contributed by atoms with Crippen LogP contribution in [-0.4, -0.2) is 66.4 Å². The van der Waals surface area contributed by atoms with Gasteiger partial charge in [-0.25, -0.2) is 0 Å². The van der Waals surface area contributed by atoms with Crippen molar-refractivity contribution >= 4 is 0 Å². The van der Waals surface area contributed by atoms with Crippen molar-refractivity contribution in [3.05, 3.63) is 0 Å². The SMILES string of the molecule is CCNCC(COC)OCCOCCCOC. The van der Waals surface area contributed by atoms with Crippen LogP contribution in [0.2, 0.25) is 0 Å². The molecule has 0 bridgehead atoms. The lowest BCUT2D eigenvalue weighted by atomic mass is 10.3. The number of hydrogen-bond acceptors (Lipinski definition) is 5. The van der Waals surface area contributed by atoms with Gasteiger partial charge < -0.3 is 24.3 Å². The fourth-order valence-corrected chi connectivity index (χ4v) is 1.34. The molecule has 5 nitrogen and oxygen atoms in total. The zero-order valence-electron chi connectivity index (χ0n) is 11.4. The highest BCUT2D eigenvalue weighted by atomic mass is 16.5. The van der Waals surface area contributed by atoms with E-state index in [0.717, 1.165) is 32.7 Å². The lowest BCUT2D eigenvalue weighted by Crippen LogP contribution is -2.33. The fourth-order valence-electron chi connectivity index (χ4n) is 1.34. The van der Waals surface area contributed by atoms with Crippen LogP contribution in [-0.2, 0) is 18.9 Å². The third-order valence-electron chi connectivity index (χ3n) is 2.19. The van der Waals surface area contributed by atoms with Crippen LogP contribution in [0.15, 0.2) is 0 Å². The molecule has 0 fully saturated rings. The summed E-state index contributed by atoms with van der Waals surface area (Å²) in [5, 5.41) is 3.24. The van der Waals surface area contributed by atoms with Crippen molar-refractivity contribution in [1.82, 2.24) is 5.32 Å². The maximum atomic E-state index is 5.65. The van der Waals surface area contributed by atoms with E-state index >= 15 is 0 Å². The Hall–Kier alpha value is -0.200. The number of likely N-dealkylation sites (N-methyl/N-ethyl adjacent to an activating group) is 1. The number of rotatable bonds is 13. The number of nitrogens with one attached hydrogen (secondary N) is 1. The highest BCUT2D eigenvalue weighted by Crippen LogP contribution is 1.93. The molecule has 0 spiro atoms. The van der Waals surface area contributed by atoms with Gasteiger partial charge in [0.1, 0.15) is 0 Å². The number of methoxy groups -OCH3 is 2. The van der Waals surface area contributed by atoms with Crippen LogP contribution in [0.5, 0.6) is 0 Å². The van der Waals surface area contributed by atoms with Crippen LogP contribution in [0.3, 0.4) is 0 Å². The molecule has 0 aliphatic carbocycles. The Morgan fingerprint density at radius 1 is 1.00 bits per heavy atom. The average Bonchev–Trinajstić information content (AvgIpc) is 2.34. The van der Waals surface area contributed by atoms with E-state index in [4.69, 9.17) is 18.9 Å². The molecule has 0 amide bonds. The summed E-state index contributed by atoms with van der Waals surface area (Å²) in [6.07, 6.45) is 1.03. The van der Waals surface area contributed by atoms with Crippen LogP contribution < -0.4 is 5.32 Å². The summed E-state index contributed by atoms with van der Waals surface area (Å²) >= 11 is 0. The molecule has 104 valence electrons. The van der Waals surface area contributed by atoms with Crippen molar-refractivity contribution in [2.24, 2.45) is 0 Å². The second-order valence-electron chi connectivity index (χ2n) is 3.71. The molecule has 0 saturated heterocycles. The second kappa shape index (κ2) is 13.9. The lowest BCUT2D eigenvalue weighted by Gasteiger charge is -2.17. The minimum Gasteiger partial charge on any atom is -0.385 e. The zero-order valence-corrected chi connectivity index (χ0v) is 11.4. The van der Waals surface area contributed by atoms with E-state index in [1.165, 1.54) is 0 Å². The molecule has 0 aromatic carbocycles. The molecule has 0 radical (unpaired) electrons. The van der Waals surface area contributed by atoms with Crippen LogP contribution in [0, 0.1) is 0 Å². The standard InChI is InChI=1S/C12H27NO4/c1-4-13-10-12(11-15-3)17-9-8-16-7-5-6-14-2/h12-13H,4-11H2,1-3H3. The van der Waals surface area contributed by atoms with Gasteiger partial charge >= 0.3 is 0 Å². The first-order valence-corrected chi connectivity index (χ1v) is 6.23. The third kappa shape index (κ3) is 12.1. The molecule has 0 aromatic heterocycles. The minimum atomic E-state index is 0.0996. The molecule has 0 aliphatic heterocycles. The predicted molar refractivity (Wildman–Crippen MR) is 67.5 cm³/mol. The molecule has 0 aromatic rings. The van der Waals surface area contributed by atoms with Gasteiger partial charge in [0, 0.05) is 34.0 Å². The molecule has 0 saturated carbocycles. The van der Waals surface area contributed by atoms with Crippen LogP contribution in [0.25, 0.3) is 0 Å². The van der Waals surface area contributed by atoms with Gasteiger partial charge in [0.25, 0.3) is 0 Å². The Bertz CT molecular complexity index is 146. The van der Waals surface area contributed by atoms with Crippen LogP contribution >= 0.6 is 0 Å². The molecule has 5 heteroatoms. The van der Waals surface area contributed by atoms with E-state index < -0.39 is 0 Å². The number of hydrogen-bond donors (Lipinski definition) is 1. The van der Waals surface area contributed by atoms with Gasteiger partial charge in [-0.15, -0.1) is 0 Å². The van der Waals surface area contributed by atoms with E-state index in [-0.39, 0.29) is 6.10 Å². The summed E-state index contributed by atoms with van der Waals surface area (Å²) in [5.41, 5.74) is 0. The smallest absolute Gasteiger partial charge is 0.0933 e. The molecule has 1 N–H and O–H groups in total. The molecular formula is C12H27NO4. The van der Waals surface area contributed by atoms with Gasteiger partial charge in [-0.1, -0.05) is 6.92 Å². The molecule has 1 atom stereocenters. The van der Waals surface area contributed by atoms with Gasteiger partial charge in [0.2, 0.25) is 0 Å². The van der Waals surface area contributed by atoms with Gasteiger partial charge in [0.05, 0.1) is 25.9 Å². The largest absolute Gasteiger partial charge is 0.385 e. The Kier molecular flexibility index (Phi) is 13.7. The first kappa shape index (κ1) is 16.8. The van der Waals surface area contributed by atoms with E-state index in [2.05, 4.69) is 12.2 Å². The van der Waals surface area contributed by atoms with E-state index in [0.29, 0.717) is 19.8 Å². The second-order valence-corrected chi connectivity index (χ2v) is 3.71. The molecule has 0 aliphatic rings. The van der Waals surface area contributed by atoms with Crippen molar-refractivity contribution in [2.45, 2.75) is 19.4 Å². The normalized spacial score (nSPS) is 12.9. The summed E-state index contributed by atoms with van der Waals surface area (Å²) in [4.78, 5) is 0. The molecule has 0 heterocycles. The molecule has 0 rings (SSSR count). The Morgan fingerprint density at radius 3 is 2.47 bits per heavy atom. The van der Waals surface area contributed by atoms with Crippen molar-refractivity contribution in [3.8, 4) is 0 Å².